The summed E-state index contributed by atoms with van der Waals surface area (Å²) in [7, 11) is 0. The third-order valence-corrected chi connectivity index (χ3v) is 6.82. The lowest BCUT2D eigenvalue weighted by atomic mass is 9.96. The van der Waals surface area contributed by atoms with E-state index in [1.165, 1.54) is 28.2 Å². The van der Waals surface area contributed by atoms with Crippen LogP contribution < -0.4 is 5.32 Å². The molecule has 192 valence electrons. The zero-order valence-electron chi connectivity index (χ0n) is 20.9. The van der Waals surface area contributed by atoms with Crippen molar-refractivity contribution in [3.63, 3.8) is 0 Å². The average Bonchev–Trinajstić information content (AvgIpc) is 3.46. The van der Waals surface area contributed by atoms with Crippen LogP contribution in [0.4, 0.5) is 0 Å². The summed E-state index contributed by atoms with van der Waals surface area (Å²) >= 11 is 6.19. The van der Waals surface area contributed by atoms with Crippen molar-refractivity contribution < 1.29 is 9.59 Å². The van der Waals surface area contributed by atoms with E-state index in [2.05, 4.69) is 46.0 Å². The molecule has 0 saturated heterocycles. The third-order valence-electron chi connectivity index (χ3n) is 6.58. The number of fused-ring (bicyclic) bond motifs is 1. The van der Waals surface area contributed by atoms with E-state index in [-0.39, 0.29) is 11.8 Å². The fourth-order valence-corrected chi connectivity index (χ4v) is 4.85. The molecule has 38 heavy (non-hydrogen) atoms. The molecule has 2 amide bonds. The number of tetrazole rings is 1. The average molecular weight is 527 g/mol. The normalized spacial score (nSPS) is 13.8. The van der Waals surface area contributed by atoms with Gasteiger partial charge in [0.15, 0.2) is 0 Å². The zero-order valence-corrected chi connectivity index (χ0v) is 21.7. The first kappa shape index (κ1) is 25.4. The first-order chi connectivity index (χ1) is 18.5. The van der Waals surface area contributed by atoms with Gasteiger partial charge in [-0.3, -0.25) is 9.59 Å². The van der Waals surface area contributed by atoms with Crippen molar-refractivity contribution in [3.05, 3.63) is 112 Å². The van der Waals surface area contributed by atoms with Gasteiger partial charge in [-0.25, -0.2) is 0 Å². The lowest BCUT2D eigenvalue weighted by molar-refractivity contribution is -0.136. The van der Waals surface area contributed by atoms with Crippen LogP contribution in [0.25, 0.3) is 11.8 Å². The van der Waals surface area contributed by atoms with Gasteiger partial charge in [-0.15, -0.1) is 5.10 Å². The summed E-state index contributed by atoms with van der Waals surface area (Å²) < 4.78 is 1.49. The van der Waals surface area contributed by atoms with Crippen molar-refractivity contribution in [2.45, 2.75) is 32.4 Å². The van der Waals surface area contributed by atoms with Crippen LogP contribution in [0.5, 0.6) is 0 Å². The highest BCUT2D eigenvalue weighted by molar-refractivity contribution is 6.30. The molecule has 0 aliphatic carbocycles. The molecule has 3 aromatic carbocycles. The number of nitrogens with zero attached hydrogens (tertiary/aromatic N) is 5. The van der Waals surface area contributed by atoms with E-state index in [0.29, 0.717) is 35.8 Å². The first-order valence-corrected chi connectivity index (χ1v) is 12.8. The number of nitrogens with one attached hydrogen (secondary N) is 1. The van der Waals surface area contributed by atoms with Crippen LogP contribution in [0.3, 0.4) is 0 Å². The van der Waals surface area contributed by atoms with E-state index in [1.807, 2.05) is 35.2 Å². The minimum absolute atomic E-state index is 0.0982. The van der Waals surface area contributed by atoms with Gasteiger partial charge in [0.25, 0.3) is 0 Å². The van der Waals surface area contributed by atoms with Crippen molar-refractivity contribution in [3.8, 4) is 5.69 Å². The van der Waals surface area contributed by atoms with Crippen LogP contribution in [0, 0.1) is 6.92 Å². The van der Waals surface area contributed by atoms with Gasteiger partial charge in [0.1, 0.15) is 12.4 Å². The lowest BCUT2D eigenvalue weighted by Gasteiger charge is -2.32. The van der Waals surface area contributed by atoms with Gasteiger partial charge in [-0.2, -0.15) is 4.68 Å². The number of aromatic nitrogens is 4. The molecule has 1 aliphatic heterocycles. The van der Waals surface area contributed by atoms with Crippen molar-refractivity contribution in [2.75, 3.05) is 6.54 Å². The van der Waals surface area contributed by atoms with E-state index in [1.54, 1.807) is 24.3 Å². The number of hydrogen-bond acceptors (Lipinski definition) is 5. The van der Waals surface area contributed by atoms with E-state index in [0.717, 1.165) is 17.5 Å². The molecule has 0 saturated carbocycles. The van der Waals surface area contributed by atoms with E-state index in [4.69, 9.17) is 11.6 Å². The number of hydrogen-bond donors (Lipinski definition) is 1. The van der Waals surface area contributed by atoms with Gasteiger partial charge >= 0.3 is 0 Å². The lowest BCUT2D eigenvalue weighted by Crippen LogP contribution is -2.50. The predicted molar refractivity (Wildman–Crippen MR) is 146 cm³/mol. The van der Waals surface area contributed by atoms with Crippen molar-refractivity contribution >= 4 is 29.5 Å². The Morgan fingerprint density at radius 1 is 1.08 bits per heavy atom. The van der Waals surface area contributed by atoms with Gasteiger partial charge in [0.05, 0.1) is 5.69 Å². The fraction of sp³-hybridized carbons (Fsp3) is 0.207. The number of carbonyl (C=O) groups is 2. The zero-order chi connectivity index (χ0) is 26.5. The van der Waals surface area contributed by atoms with Gasteiger partial charge in [-0.05, 0) is 64.7 Å². The summed E-state index contributed by atoms with van der Waals surface area (Å²) in [4.78, 5) is 28.6. The number of aryl methyl sites for hydroxylation is 1. The van der Waals surface area contributed by atoms with Crippen molar-refractivity contribution in [1.29, 1.82) is 0 Å². The smallest absolute Gasteiger partial charge is 0.245 e. The first-order valence-electron chi connectivity index (χ1n) is 12.4. The highest BCUT2D eigenvalue weighted by atomic mass is 35.5. The van der Waals surface area contributed by atoms with Crippen LogP contribution in [0.15, 0.2) is 79.1 Å². The van der Waals surface area contributed by atoms with Crippen molar-refractivity contribution in [2.24, 2.45) is 0 Å². The minimum Gasteiger partial charge on any atom is -0.340 e. The number of halogens is 1. The molecule has 1 N–H and O–H groups in total. The molecule has 1 atom stereocenters. The van der Waals surface area contributed by atoms with Gasteiger partial charge in [0, 0.05) is 36.2 Å². The second kappa shape index (κ2) is 11.4. The number of carbonyl (C=O) groups excluding carboxylic acids is 2. The quantitative estimate of drug-likeness (QED) is 0.368. The molecule has 0 radical (unpaired) electrons. The second-order valence-corrected chi connectivity index (χ2v) is 9.76. The molecular weight excluding hydrogens is 500 g/mol. The summed E-state index contributed by atoms with van der Waals surface area (Å²) in [6.45, 7) is 3.22. The summed E-state index contributed by atoms with van der Waals surface area (Å²) in [5.74, 6) is -0.478. The number of amides is 2. The van der Waals surface area contributed by atoms with Gasteiger partial charge < -0.3 is 10.2 Å². The molecule has 9 heteroatoms. The Balaban J connectivity index is 1.35. The summed E-state index contributed by atoms with van der Waals surface area (Å²) in [6.07, 6.45) is 5.70. The van der Waals surface area contributed by atoms with Crippen LogP contribution >= 0.6 is 11.6 Å². The Labute approximate surface area is 225 Å². The summed E-state index contributed by atoms with van der Waals surface area (Å²) in [6, 6.07) is 20.6. The molecule has 0 bridgehead atoms. The molecule has 8 nitrogen and oxygen atoms in total. The van der Waals surface area contributed by atoms with E-state index < -0.39 is 6.04 Å². The van der Waals surface area contributed by atoms with Crippen LogP contribution in [-0.2, 0) is 29.0 Å². The standard InChI is InChI=1S/C29H27ClN6O2/c1-20-7-8-24-18-35(14-13-22(24)15-20)29(38)26(16-21-5-3-2-4-6-21)32-28(37)12-9-23-17-25(30)10-11-27(23)36-19-31-33-34-36/h2-12,15,17,19,26H,13-14,16,18H2,1H3,(H,32,37)/b12-9+/t26-/m0/s1. The maximum atomic E-state index is 13.7. The minimum atomic E-state index is -0.708. The Bertz CT molecular complexity index is 1470. The Hall–Kier alpha value is -4.30. The Morgan fingerprint density at radius 3 is 2.71 bits per heavy atom. The topological polar surface area (TPSA) is 93.0 Å². The highest BCUT2D eigenvalue weighted by Gasteiger charge is 2.28. The molecule has 1 aromatic heterocycles. The van der Waals surface area contributed by atoms with Gasteiger partial charge in [0.2, 0.25) is 11.8 Å². The molecule has 0 spiro atoms. The number of benzene rings is 3. The second-order valence-electron chi connectivity index (χ2n) is 9.32. The van der Waals surface area contributed by atoms with Crippen molar-refractivity contribution in [1.82, 2.24) is 30.4 Å². The molecule has 0 unspecified atom stereocenters. The molecule has 0 fully saturated rings. The predicted octanol–water partition coefficient (Wildman–Crippen LogP) is 3.95. The third kappa shape index (κ3) is 5.98. The fourth-order valence-electron chi connectivity index (χ4n) is 4.66. The van der Waals surface area contributed by atoms with E-state index >= 15 is 0 Å². The largest absolute Gasteiger partial charge is 0.340 e. The summed E-state index contributed by atoms with van der Waals surface area (Å²) in [5, 5.41) is 14.7. The van der Waals surface area contributed by atoms with Crippen LogP contribution in [0.2, 0.25) is 5.02 Å². The van der Waals surface area contributed by atoms with Gasteiger partial charge in [-0.1, -0.05) is 65.7 Å². The monoisotopic (exact) mass is 526 g/mol. The Kier molecular flexibility index (Phi) is 7.60. The maximum Gasteiger partial charge on any atom is 0.245 e. The number of rotatable bonds is 7. The molecular formula is C29H27ClN6O2. The van der Waals surface area contributed by atoms with Crippen LogP contribution in [-0.4, -0.2) is 49.5 Å². The maximum absolute atomic E-state index is 13.7. The molecule has 5 rings (SSSR count). The molecule has 2 heterocycles. The SMILES string of the molecule is Cc1ccc2c(c1)CCN(C(=O)[C@H](Cc1ccccc1)NC(=O)/C=C/c1cc(Cl)ccc1-n1cnnn1)C2. The molecule has 4 aromatic rings. The Morgan fingerprint density at radius 2 is 1.92 bits per heavy atom. The van der Waals surface area contributed by atoms with E-state index in [9.17, 15) is 9.59 Å². The van der Waals surface area contributed by atoms with Crippen LogP contribution in [0.1, 0.15) is 27.8 Å². The highest BCUT2D eigenvalue weighted by Crippen LogP contribution is 2.22. The molecule has 1 aliphatic rings. The summed E-state index contributed by atoms with van der Waals surface area (Å²) in [5.41, 5.74) is 5.94.